The van der Waals surface area contributed by atoms with Crippen molar-refractivity contribution >= 4 is 5.91 Å². The Bertz CT molecular complexity index is 685. The minimum Gasteiger partial charge on any atom is -0.477 e. The van der Waals surface area contributed by atoms with Gasteiger partial charge in [-0.1, -0.05) is 0 Å². The molecule has 0 bridgehead atoms. The number of pyridine rings is 1. The summed E-state index contributed by atoms with van der Waals surface area (Å²) in [5.74, 6) is 1.51. The van der Waals surface area contributed by atoms with Gasteiger partial charge >= 0.3 is 0 Å². The van der Waals surface area contributed by atoms with Crippen molar-refractivity contribution in [2.45, 2.75) is 25.7 Å². The highest BCUT2D eigenvalue weighted by Crippen LogP contribution is 2.27. The first-order valence-electron chi connectivity index (χ1n) is 7.91. The maximum atomic E-state index is 12.9. The van der Waals surface area contributed by atoms with E-state index in [2.05, 4.69) is 15.2 Å². The van der Waals surface area contributed by atoms with Gasteiger partial charge in [-0.25, -0.2) is 4.98 Å². The van der Waals surface area contributed by atoms with Crippen LogP contribution < -0.4 is 4.74 Å². The van der Waals surface area contributed by atoms with Gasteiger partial charge in [-0.3, -0.25) is 4.79 Å². The van der Waals surface area contributed by atoms with E-state index >= 15 is 0 Å². The van der Waals surface area contributed by atoms with Crippen LogP contribution in [0.3, 0.4) is 0 Å². The number of hydrogen-bond donors (Lipinski definition) is 0. The van der Waals surface area contributed by atoms with Crippen LogP contribution in [0.4, 0.5) is 0 Å². The Labute approximate surface area is 135 Å². The summed E-state index contributed by atoms with van der Waals surface area (Å²) in [5, 5.41) is 8.13. The van der Waals surface area contributed by atoms with Crippen LogP contribution in [-0.2, 0) is 7.05 Å². The van der Waals surface area contributed by atoms with Gasteiger partial charge < -0.3 is 14.2 Å². The lowest BCUT2D eigenvalue weighted by Crippen LogP contribution is -2.40. The summed E-state index contributed by atoms with van der Waals surface area (Å²) >= 11 is 0. The number of hydrogen-bond acceptors (Lipinski definition) is 5. The van der Waals surface area contributed by atoms with Gasteiger partial charge in [0, 0.05) is 32.3 Å². The van der Waals surface area contributed by atoms with Crippen LogP contribution in [0.5, 0.6) is 5.88 Å². The van der Waals surface area contributed by atoms with Gasteiger partial charge in [-0.05, 0) is 31.9 Å². The highest BCUT2D eigenvalue weighted by molar-refractivity contribution is 5.96. The Morgan fingerprint density at radius 1 is 1.48 bits per heavy atom. The molecule has 0 saturated carbocycles. The van der Waals surface area contributed by atoms with Crippen molar-refractivity contribution in [3.8, 4) is 5.88 Å². The number of likely N-dealkylation sites (tertiary alicyclic amines) is 1. The number of amides is 1. The van der Waals surface area contributed by atoms with Gasteiger partial charge in [0.15, 0.2) is 0 Å². The van der Waals surface area contributed by atoms with Gasteiger partial charge in [0.05, 0.1) is 6.61 Å². The summed E-state index contributed by atoms with van der Waals surface area (Å²) < 4.78 is 7.41. The zero-order valence-electron chi connectivity index (χ0n) is 13.5. The van der Waals surface area contributed by atoms with E-state index in [4.69, 9.17) is 4.74 Å². The van der Waals surface area contributed by atoms with Crippen molar-refractivity contribution < 1.29 is 9.53 Å². The molecule has 1 amide bonds. The third-order valence-electron chi connectivity index (χ3n) is 4.10. The smallest absolute Gasteiger partial charge is 0.259 e. The van der Waals surface area contributed by atoms with E-state index in [1.54, 1.807) is 24.7 Å². The minimum absolute atomic E-state index is 0.0339. The summed E-state index contributed by atoms with van der Waals surface area (Å²) in [6, 6.07) is 3.53. The van der Waals surface area contributed by atoms with Crippen LogP contribution in [0.15, 0.2) is 24.7 Å². The van der Waals surface area contributed by atoms with E-state index in [1.807, 2.05) is 23.4 Å². The molecule has 1 saturated heterocycles. The molecule has 23 heavy (non-hydrogen) atoms. The van der Waals surface area contributed by atoms with Crippen molar-refractivity contribution in [2.24, 2.45) is 7.05 Å². The Morgan fingerprint density at radius 3 is 3.09 bits per heavy atom. The van der Waals surface area contributed by atoms with E-state index in [9.17, 15) is 4.79 Å². The Kier molecular flexibility index (Phi) is 4.55. The molecule has 1 atom stereocenters. The quantitative estimate of drug-likeness (QED) is 0.857. The lowest BCUT2D eigenvalue weighted by atomic mass is 9.96. The van der Waals surface area contributed by atoms with E-state index in [0.717, 1.165) is 25.2 Å². The second-order valence-electron chi connectivity index (χ2n) is 5.68. The van der Waals surface area contributed by atoms with E-state index in [-0.39, 0.29) is 11.8 Å². The van der Waals surface area contributed by atoms with Crippen LogP contribution in [-0.4, -0.2) is 50.3 Å². The first kappa shape index (κ1) is 15.5. The fourth-order valence-electron chi connectivity index (χ4n) is 3.01. The van der Waals surface area contributed by atoms with Crippen molar-refractivity contribution in [3.63, 3.8) is 0 Å². The van der Waals surface area contributed by atoms with Gasteiger partial charge in [0.25, 0.3) is 5.91 Å². The highest BCUT2D eigenvalue weighted by Gasteiger charge is 2.29. The van der Waals surface area contributed by atoms with Crippen LogP contribution >= 0.6 is 0 Å². The summed E-state index contributed by atoms with van der Waals surface area (Å²) in [6.07, 6.45) is 5.31. The molecular formula is C16H21N5O2. The van der Waals surface area contributed by atoms with E-state index in [0.29, 0.717) is 24.6 Å². The number of aryl methyl sites for hydroxylation is 1. The van der Waals surface area contributed by atoms with Crippen LogP contribution in [0.25, 0.3) is 0 Å². The zero-order chi connectivity index (χ0) is 16.2. The average Bonchev–Trinajstić information content (AvgIpc) is 3.01. The maximum Gasteiger partial charge on any atom is 0.259 e. The number of carbonyl (C=O) groups excluding carboxylic acids is 1. The number of nitrogens with zero attached hydrogens (tertiary/aromatic N) is 5. The van der Waals surface area contributed by atoms with Gasteiger partial charge in [-0.2, -0.15) is 0 Å². The summed E-state index contributed by atoms with van der Waals surface area (Å²) in [5.41, 5.74) is 0.521. The van der Waals surface area contributed by atoms with Crippen molar-refractivity contribution in [3.05, 3.63) is 36.0 Å². The Balaban J connectivity index is 1.79. The van der Waals surface area contributed by atoms with E-state index < -0.39 is 0 Å². The molecule has 122 valence electrons. The molecule has 0 radical (unpaired) electrons. The minimum atomic E-state index is -0.0339. The molecule has 7 nitrogen and oxygen atoms in total. The predicted octanol–water partition coefficient (Wildman–Crippen LogP) is 1.63. The third kappa shape index (κ3) is 3.18. The molecule has 1 aliphatic rings. The predicted molar refractivity (Wildman–Crippen MR) is 84.3 cm³/mol. The molecule has 3 rings (SSSR count). The summed E-state index contributed by atoms with van der Waals surface area (Å²) in [6.45, 7) is 3.76. The molecule has 7 heteroatoms. The first-order valence-corrected chi connectivity index (χ1v) is 7.91. The summed E-state index contributed by atoms with van der Waals surface area (Å²) in [4.78, 5) is 18.9. The maximum absolute atomic E-state index is 12.9. The van der Waals surface area contributed by atoms with Crippen molar-refractivity contribution in [1.82, 2.24) is 24.6 Å². The molecular weight excluding hydrogens is 294 g/mol. The summed E-state index contributed by atoms with van der Waals surface area (Å²) in [7, 11) is 1.93. The molecule has 0 N–H and O–H groups in total. The lowest BCUT2D eigenvalue weighted by Gasteiger charge is -2.32. The number of rotatable bonds is 4. The second kappa shape index (κ2) is 6.76. The molecule has 3 heterocycles. The number of piperidine rings is 1. The molecule has 0 spiro atoms. The SMILES string of the molecule is CCOc1ncccc1C(=O)N1CCC[C@H](c2nncn2C)C1. The van der Waals surface area contributed by atoms with Gasteiger partial charge in [0.2, 0.25) is 5.88 Å². The monoisotopic (exact) mass is 315 g/mol. The molecule has 1 fully saturated rings. The van der Waals surface area contributed by atoms with Crippen LogP contribution in [0.2, 0.25) is 0 Å². The number of ether oxygens (including phenoxy) is 1. The zero-order valence-corrected chi connectivity index (χ0v) is 13.5. The molecule has 0 unspecified atom stereocenters. The largest absolute Gasteiger partial charge is 0.477 e. The standard InChI is InChI=1S/C16H21N5O2/c1-3-23-15-13(7-4-8-17-15)16(22)21-9-5-6-12(10-21)14-19-18-11-20(14)2/h4,7-8,11-12H,3,5-6,9-10H2,1-2H3/t12-/m0/s1. The number of aromatic nitrogens is 4. The third-order valence-corrected chi connectivity index (χ3v) is 4.10. The Hall–Kier alpha value is -2.44. The molecule has 2 aromatic heterocycles. The highest BCUT2D eigenvalue weighted by atomic mass is 16.5. The molecule has 1 aliphatic heterocycles. The fourth-order valence-corrected chi connectivity index (χ4v) is 3.01. The van der Waals surface area contributed by atoms with Crippen LogP contribution in [0, 0.1) is 0 Å². The molecule has 0 aromatic carbocycles. The number of carbonyl (C=O) groups is 1. The first-order chi connectivity index (χ1) is 11.2. The second-order valence-corrected chi connectivity index (χ2v) is 5.68. The molecule has 0 aliphatic carbocycles. The topological polar surface area (TPSA) is 73.1 Å². The normalized spacial score (nSPS) is 18.0. The lowest BCUT2D eigenvalue weighted by molar-refractivity contribution is 0.0698. The van der Waals surface area contributed by atoms with Crippen molar-refractivity contribution in [1.29, 1.82) is 0 Å². The van der Waals surface area contributed by atoms with Crippen molar-refractivity contribution in [2.75, 3.05) is 19.7 Å². The molecule has 2 aromatic rings. The Morgan fingerprint density at radius 2 is 2.35 bits per heavy atom. The van der Waals surface area contributed by atoms with Gasteiger partial charge in [0.1, 0.15) is 17.7 Å². The fraction of sp³-hybridized carbons (Fsp3) is 0.500. The van der Waals surface area contributed by atoms with E-state index in [1.165, 1.54) is 0 Å². The average molecular weight is 315 g/mol. The van der Waals surface area contributed by atoms with Crippen LogP contribution in [0.1, 0.15) is 41.9 Å². The van der Waals surface area contributed by atoms with Gasteiger partial charge in [-0.15, -0.1) is 10.2 Å².